The Morgan fingerprint density at radius 3 is 2.72 bits per heavy atom. The molecule has 1 amide bonds. The van der Waals surface area contributed by atoms with Crippen molar-refractivity contribution in [1.29, 1.82) is 0 Å². The van der Waals surface area contributed by atoms with Gasteiger partial charge in [0.25, 0.3) is 0 Å². The van der Waals surface area contributed by atoms with Gasteiger partial charge in [0.05, 0.1) is 0 Å². The van der Waals surface area contributed by atoms with Crippen molar-refractivity contribution in [3.8, 4) is 0 Å². The highest BCUT2D eigenvalue weighted by Gasteiger charge is 2.22. The monoisotopic (exact) mass is 285 g/mol. The molecule has 4 nitrogen and oxygen atoms in total. The zero-order chi connectivity index (χ0) is 13.0. The summed E-state index contributed by atoms with van der Waals surface area (Å²) in [5, 5.41) is 12.1. The summed E-state index contributed by atoms with van der Waals surface area (Å²) in [7, 11) is 0. The molecule has 0 aliphatic heterocycles. The van der Waals surface area contributed by atoms with E-state index in [9.17, 15) is 4.79 Å². The molecule has 1 saturated carbocycles. The molecule has 1 aromatic heterocycles. The number of hydrogen-bond acceptors (Lipinski definition) is 5. The second-order valence-electron chi connectivity index (χ2n) is 4.86. The van der Waals surface area contributed by atoms with E-state index in [4.69, 9.17) is 0 Å². The lowest BCUT2D eigenvalue weighted by Gasteiger charge is -2.19. The predicted octanol–water partition coefficient (Wildman–Crippen LogP) is 3.56. The summed E-state index contributed by atoms with van der Waals surface area (Å²) in [6.07, 6.45) is 5.62. The van der Waals surface area contributed by atoms with E-state index >= 15 is 0 Å². The van der Waals surface area contributed by atoms with Crippen LogP contribution in [0.25, 0.3) is 0 Å². The third-order valence-electron chi connectivity index (χ3n) is 2.95. The van der Waals surface area contributed by atoms with Gasteiger partial charge in [-0.3, -0.25) is 4.79 Å². The van der Waals surface area contributed by atoms with Crippen LogP contribution < -0.4 is 5.32 Å². The van der Waals surface area contributed by atoms with E-state index < -0.39 is 0 Å². The maximum atomic E-state index is 12.0. The first-order chi connectivity index (χ1) is 8.65. The maximum Gasteiger partial charge on any atom is 0.229 e. The second kappa shape index (κ2) is 6.52. The van der Waals surface area contributed by atoms with Gasteiger partial charge < -0.3 is 5.32 Å². The minimum atomic E-state index is 0.118. The van der Waals surface area contributed by atoms with Crippen LogP contribution in [0.15, 0.2) is 4.34 Å². The number of nitrogens with zero attached hydrogens (tertiary/aromatic N) is 2. The van der Waals surface area contributed by atoms with E-state index in [1.54, 1.807) is 11.8 Å². The summed E-state index contributed by atoms with van der Waals surface area (Å²) in [5.74, 6) is 0.288. The molecule has 1 aliphatic rings. The van der Waals surface area contributed by atoms with Gasteiger partial charge in [0.1, 0.15) is 0 Å². The highest BCUT2D eigenvalue weighted by atomic mass is 32.2. The van der Waals surface area contributed by atoms with Crippen LogP contribution in [0.5, 0.6) is 0 Å². The molecule has 2 rings (SSSR count). The molecular formula is C12H19N3OS2. The summed E-state index contributed by atoms with van der Waals surface area (Å²) in [6, 6.07) is 0. The molecule has 0 atom stereocenters. The third kappa shape index (κ3) is 3.95. The number of carbonyl (C=O) groups is 1. The van der Waals surface area contributed by atoms with Crippen LogP contribution in [-0.4, -0.2) is 21.4 Å². The van der Waals surface area contributed by atoms with Crippen LogP contribution in [0, 0.1) is 5.92 Å². The standard InChI is InChI=1S/C12H19N3OS2/c1-8(2)17-12-15-14-11(18-12)13-10(16)9-6-4-3-5-7-9/h8-9H,3-7H2,1-2H3,(H,13,14,16). The fraction of sp³-hybridized carbons (Fsp3) is 0.750. The predicted molar refractivity (Wildman–Crippen MR) is 76.1 cm³/mol. The van der Waals surface area contributed by atoms with E-state index in [1.807, 2.05) is 0 Å². The molecule has 100 valence electrons. The van der Waals surface area contributed by atoms with Crippen LogP contribution in [0.1, 0.15) is 46.0 Å². The Bertz CT molecular complexity index is 400. The molecule has 0 unspecified atom stereocenters. The first kappa shape index (κ1) is 13.8. The molecule has 1 aliphatic carbocycles. The normalized spacial score (nSPS) is 17.1. The van der Waals surface area contributed by atoms with Crippen molar-refractivity contribution in [3.63, 3.8) is 0 Å². The molecule has 0 saturated heterocycles. The van der Waals surface area contributed by atoms with Crippen molar-refractivity contribution in [2.24, 2.45) is 5.92 Å². The van der Waals surface area contributed by atoms with Crippen molar-refractivity contribution >= 4 is 34.1 Å². The van der Waals surface area contributed by atoms with Gasteiger partial charge in [-0.1, -0.05) is 56.2 Å². The minimum absolute atomic E-state index is 0.118. The van der Waals surface area contributed by atoms with E-state index in [-0.39, 0.29) is 11.8 Å². The molecule has 6 heteroatoms. The zero-order valence-electron chi connectivity index (χ0n) is 10.8. The van der Waals surface area contributed by atoms with E-state index in [1.165, 1.54) is 30.6 Å². The largest absolute Gasteiger partial charge is 0.300 e. The fourth-order valence-electron chi connectivity index (χ4n) is 2.08. The molecule has 1 aromatic rings. The first-order valence-corrected chi connectivity index (χ1v) is 8.16. The summed E-state index contributed by atoms with van der Waals surface area (Å²) >= 11 is 3.14. The number of amides is 1. The van der Waals surface area contributed by atoms with Crippen LogP contribution in [0.3, 0.4) is 0 Å². The van der Waals surface area contributed by atoms with Gasteiger partial charge in [-0.25, -0.2) is 0 Å². The van der Waals surface area contributed by atoms with Crippen LogP contribution >= 0.6 is 23.1 Å². The molecule has 1 fully saturated rings. The van der Waals surface area contributed by atoms with Crippen molar-refractivity contribution in [3.05, 3.63) is 0 Å². The lowest BCUT2D eigenvalue weighted by atomic mass is 9.89. The van der Waals surface area contributed by atoms with E-state index in [0.717, 1.165) is 17.2 Å². The third-order valence-corrected chi connectivity index (χ3v) is 4.88. The number of nitrogens with one attached hydrogen (secondary N) is 1. The smallest absolute Gasteiger partial charge is 0.229 e. The molecule has 0 radical (unpaired) electrons. The van der Waals surface area contributed by atoms with Gasteiger partial charge in [-0.05, 0) is 12.8 Å². The Morgan fingerprint density at radius 1 is 1.33 bits per heavy atom. The summed E-state index contributed by atoms with van der Waals surface area (Å²) < 4.78 is 0.920. The highest BCUT2D eigenvalue weighted by Crippen LogP contribution is 2.30. The van der Waals surface area contributed by atoms with Crippen molar-refractivity contribution in [2.45, 2.75) is 55.5 Å². The number of hydrogen-bond donors (Lipinski definition) is 1. The topological polar surface area (TPSA) is 54.9 Å². The van der Waals surface area contributed by atoms with Crippen molar-refractivity contribution in [1.82, 2.24) is 10.2 Å². The Morgan fingerprint density at radius 2 is 2.06 bits per heavy atom. The van der Waals surface area contributed by atoms with Gasteiger partial charge in [0.2, 0.25) is 11.0 Å². The van der Waals surface area contributed by atoms with Gasteiger partial charge in [-0.15, -0.1) is 10.2 Å². The highest BCUT2D eigenvalue weighted by molar-refractivity contribution is 8.01. The maximum absolute atomic E-state index is 12.0. The van der Waals surface area contributed by atoms with Gasteiger partial charge in [0.15, 0.2) is 4.34 Å². The number of thioether (sulfide) groups is 1. The Labute approximate surface area is 116 Å². The Balaban J connectivity index is 1.88. The van der Waals surface area contributed by atoms with Gasteiger partial charge in [-0.2, -0.15) is 0 Å². The van der Waals surface area contributed by atoms with Gasteiger partial charge in [0, 0.05) is 11.2 Å². The molecule has 1 N–H and O–H groups in total. The quantitative estimate of drug-likeness (QED) is 0.679. The number of carbonyl (C=O) groups excluding carboxylic acids is 1. The zero-order valence-corrected chi connectivity index (χ0v) is 12.4. The van der Waals surface area contributed by atoms with Crippen LogP contribution in [0.2, 0.25) is 0 Å². The number of rotatable bonds is 4. The van der Waals surface area contributed by atoms with E-state index in [2.05, 4.69) is 29.4 Å². The first-order valence-electron chi connectivity index (χ1n) is 6.46. The minimum Gasteiger partial charge on any atom is -0.300 e. The van der Waals surface area contributed by atoms with Crippen molar-refractivity contribution < 1.29 is 4.79 Å². The summed E-state index contributed by atoms with van der Waals surface area (Å²) in [5.41, 5.74) is 0. The van der Waals surface area contributed by atoms with Crippen LogP contribution in [-0.2, 0) is 4.79 Å². The van der Waals surface area contributed by atoms with Crippen molar-refractivity contribution in [2.75, 3.05) is 5.32 Å². The molecule has 0 spiro atoms. The summed E-state index contributed by atoms with van der Waals surface area (Å²) in [6.45, 7) is 4.23. The molecule has 1 heterocycles. The van der Waals surface area contributed by atoms with Crippen LogP contribution in [0.4, 0.5) is 5.13 Å². The number of aromatic nitrogens is 2. The van der Waals surface area contributed by atoms with Gasteiger partial charge >= 0.3 is 0 Å². The average Bonchev–Trinajstić information content (AvgIpc) is 2.76. The molecular weight excluding hydrogens is 266 g/mol. The Hall–Kier alpha value is -0.620. The SMILES string of the molecule is CC(C)Sc1nnc(NC(=O)C2CCCCC2)s1. The molecule has 0 bridgehead atoms. The second-order valence-corrected chi connectivity index (χ2v) is 7.67. The average molecular weight is 285 g/mol. The lowest BCUT2D eigenvalue weighted by Crippen LogP contribution is -2.24. The molecule has 18 heavy (non-hydrogen) atoms. The lowest BCUT2D eigenvalue weighted by molar-refractivity contribution is -0.120. The Kier molecular flexibility index (Phi) is 5.00. The number of anilines is 1. The molecule has 0 aromatic carbocycles. The van der Waals surface area contributed by atoms with E-state index in [0.29, 0.717) is 10.4 Å². The summed E-state index contributed by atoms with van der Waals surface area (Å²) in [4.78, 5) is 12.0. The fourth-order valence-corrected chi connectivity index (χ4v) is 4.06.